The van der Waals surface area contributed by atoms with Gasteiger partial charge in [0.15, 0.2) is 0 Å². The second-order valence-corrected chi connectivity index (χ2v) is 4.75. The van der Waals surface area contributed by atoms with Crippen LogP contribution >= 0.6 is 12.4 Å². The van der Waals surface area contributed by atoms with Crippen molar-refractivity contribution in [3.63, 3.8) is 0 Å². The third kappa shape index (κ3) is 2.34. The standard InChI is InChI=1S/C11H19NO3.ClH/c1-12-9-6-8(15-2)4-3-7(9)5-10(12)11(13)14;/h7-10H,3-6H2,1-2H3,(H,13,14);1H. The normalized spacial score (nSPS) is 38.9. The van der Waals surface area contributed by atoms with Gasteiger partial charge in [0.25, 0.3) is 0 Å². The first kappa shape index (κ1) is 13.7. The van der Waals surface area contributed by atoms with Crippen LogP contribution in [0.3, 0.4) is 0 Å². The van der Waals surface area contributed by atoms with E-state index in [1.54, 1.807) is 7.11 Å². The Bertz CT molecular complexity index is 262. The molecule has 5 heteroatoms. The second kappa shape index (κ2) is 5.34. The third-order valence-electron chi connectivity index (χ3n) is 4.07. The van der Waals surface area contributed by atoms with Crippen molar-refractivity contribution in [1.29, 1.82) is 0 Å². The summed E-state index contributed by atoms with van der Waals surface area (Å²) in [6, 6.07) is 0.125. The second-order valence-electron chi connectivity index (χ2n) is 4.75. The van der Waals surface area contributed by atoms with Crippen molar-refractivity contribution in [2.24, 2.45) is 5.92 Å². The number of halogens is 1. The molecule has 94 valence electrons. The number of carbonyl (C=O) groups is 1. The fourth-order valence-electron chi connectivity index (χ4n) is 3.12. The molecule has 1 N–H and O–H groups in total. The first-order valence-electron chi connectivity index (χ1n) is 5.61. The van der Waals surface area contributed by atoms with Crippen LogP contribution in [0.1, 0.15) is 25.7 Å². The predicted molar refractivity (Wildman–Crippen MR) is 63.0 cm³/mol. The number of carboxylic acids is 1. The molecule has 1 heterocycles. The summed E-state index contributed by atoms with van der Waals surface area (Å²) in [5.41, 5.74) is 0. The molecule has 0 aromatic carbocycles. The highest BCUT2D eigenvalue weighted by atomic mass is 35.5. The zero-order valence-electron chi connectivity index (χ0n) is 9.76. The molecule has 0 spiro atoms. The number of likely N-dealkylation sites (tertiary alicyclic amines) is 1. The van der Waals surface area contributed by atoms with Crippen molar-refractivity contribution in [3.8, 4) is 0 Å². The Hall–Kier alpha value is -0.320. The van der Waals surface area contributed by atoms with E-state index in [4.69, 9.17) is 9.84 Å². The third-order valence-corrected chi connectivity index (χ3v) is 4.07. The van der Waals surface area contributed by atoms with Crippen molar-refractivity contribution < 1.29 is 14.6 Å². The number of rotatable bonds is 2. The number of likely N-dealkylation sites (N-methyl/N-ethyl adjacent to an activating group) is 1. The summed E-state index contributed by atoms with van der Waals surface area (Å²) in [5, 5.41) is 9.08. The van der Waals surface area contributed by atoms with E-state index in [2.05, 4.69) is 0 Å². The highest BCUT2D eigenvalue weighted by Crippen LogP contribution is 2.39. The molecule has 0 amide bonds. The summed E-state index contributed by atoms with van der Waals surface area (Å²) in [7, 11) is 3.68. The number of hydrogen-bond donors (Lipinski definition) is 1. The van der Waals surface area contributed by atoms with Gasteiger partial charge in [-0.1, -0.05) is 0 Å². The Morgan fingerprint density at radius 3 is 2.62 bits per heavy atom. The molecule has 4 unspecified atom stereocenters. The minimum Gasteiger partial charge on any atom is -0.480 e. The lowest BCUT2D eigenvalue weighted by Crippen LogP contribution is -2.41. The molecule has 4 nitrogen and oxygen atoms in total. The lowest BCUT2D eigenvalue weighted by atomic mass is 9.83. The molecule has 16 heavy (non-hydrogen) atoms. The highest BCUT2D eigenvalue weighted by Gasteiger charge is 2.45. The Morgan fingerprint density at radius 2 is 2.06 bits per heavy atom. The molecule has 2 aliphatic rings. The topological polar surface area (TPSA) is 49.8 Å². The van der Waals surface area contributed by atoms with Crippen LogP contribution in [-0.4, -0.2) is 48.3 Å². The van der Waals surface area contributed by atoms with Gasteiger partial charge in [0.05, 0.1) is 6.10 Å². The first-order valence-corrected chi connectivity index (χ1v) is 5.61. The fourth-order valence-corrected chi connectivity index (χ4v) is 3.12. The molecular weight excluding hydrogens is 230 g/mol. The van der Waals surface area contributed by atoms with Gasteiger partial charge in [0.2, 0.25) is 0 Å². The number of hydrogen-bond acceptors (Lipinski definition) is 3. The van der Waals surface area contributed by atoms with Crippen molar-refractivity contribution in [2.45, 2.75) is 43.9 Å². The van der Waals surface area contributed by atoms with Crippen LogP contribution in [0.5, 0.6) is 0 Å². The van der Waals surface area contributed by atoms with Gasteiger partial charge in [-0.15, -0.1) is 12.4 Å². The molecule has 1 aliphatic carbocycles. The van der Waals surface area contributed by atoms with E-state index in [1.165, 1.54) is 0 Å². The van der Waals surface area contributed by atoms with E-state index in [-0.39, 0.29) is 18.4 Å². The summed E-state index contributed by atoms with van der Waals surface area (Å²) in [6.07, 6.45) is 4.31. The van der Waals surface area contributed by atoms with Crippen molar-refractivity contribution in [3.05, 3.63) is 0 Å². The van der Waals surface area contributed by atoms with Crippen LogP contribution in [0, 0.1) is 5.92 Å². The average Bonchev–Trinajstić information content (AvgIpc) is 2.56. The number of nitrogens with zero attached hydrogens (tertiary/aromatic N) is 1. The SMILES string of the molecule is COC1CCC2CC(C(=O)O)N(C)C2C1.Cl. The first-order chi connectivity index (χ1) is 7.13. The molecule has 1 saturated heterocycles. The van der Waals surface area contributed by atoms with Gasteiger partial charge in [-0.25, -0.2) is 0 Å². The lowest BCUT2D eigenvalue weighted by molar-refractivity contribution is -0.142. The average molecular weight is 250 g/mol. The van der Waals surface area contributed by atoms with Crippen LogP contribution in [0.15, 0.2) is 0 Å². The minimum absolute atomic E-state index is 0. The molecule has 4 atom stereocenters. The molecular formula is C11H20ClNO3. The quantitative estimate of drug-likeness (QED) is 0.803. The minimum atomic E-state index is -0.680. The lowest BCUT2D eigenvalue weighted by Gasteiger charge is -2.34. The number of ether oxygens (including phenoxy) is 1. The van der Waals surface area contributed by atoms with Crippen LogP contribution in [0.25, 0.3) is 0 Å². The molecule has 1 aliphatic heterocycles. The molecule has 0 aromatic heterocycles. The van der Waals surface area contributed by atoms with Crippen LogP contribution in [0.2, 0.25) is 0 Å². The van der Waals surface area contributed by atoms with Crippen molar-refractivity contribution in [2.75, 3.05) is 14.2 Å². The molecule has 0 aromatic rings. The summed E-state index contributed by atoms with van der Waals surface area (Å²) < 4.78 is 5.37. The molecule has 1 saturated carbocycles. The largest absolute Gasteiger partial charge is 0.480 e. The highest BCUT2D eigenvalue weighted by molar-refractivity contribution is 5.85. The van der Waals surface area contributed by atoms with Gasteiger partial charge in [-0.2, -0.15) is 0 Å². The summed E-state index contributed by atoms with van der Waals surface area (Å²) in [5.74, 6) is -0.122. The number of aliphatic carboxylic acids is 1. The molecule has 0 radical (unpaired) electrons. The van der Waals surface area contributed by atoms with E-state index in [0.29, 0.717) is 18.1 Å². The molecule has 2 fully saturated rings. The van der Waals surface area contributed by atoms with Gasteiger partial charge >= 0.3 is 5.97 Å². The van der Waals surface area contributed by atoms with Crippen molar-refractivity contribution >= 4 is 18.4 Å². The van der Waals surface area contributed by atoms with Crippen LogP contribution < -0.4 is 0 Å². The maximum absolute atomic E-state index is 11.0. The zero-order valence-corrected chi connectivity index (χ0v) is 10.6. The monoisotopic (exact) mass is 249 g/mol. The van der Waals surface area contributed by atoms with Gasteiger partial charge < -0.3 is 9.84 Å². The smallest absolute Gasteiger partial charge is 0.320 e. The van der Waals surface area contributed by atoms with E-state index < -0.39 is 5.97 Å². The van der Waals surface area contributed by atoms with Gasteiger partial charge in [-0.05, 0) is 38.6 Å². The Morgan fingerprint density at radius 1 is 1.38 bits per heavy atom. The van der Waals surface area contributed by atoms with E-state index in [1.807, 2.05) is 11.9 Å². The predicted octanol–water partition coefficient (Wildman–Crippen LogP) is 1.38. The summed E-state index contributed by atoms with van der Waals surface area (Å²) in [4.78, 5) is 13.1. The van der Waals surface area contributed by atoms with E-state index in [0.717, 1.165) is 25.7 Å². The van der Waals surface area contributed by atoms with Crippen molar-refractivity contribution in [1.82, 2.24) is 4.90 Å². The van der Waals surface area contributed by atoms with E-state index in [9.17, 15) is 4.79 Å². The summed E-state index contributed by atoms with van der Waals surface area (Å²) >= 11 is 0. The Labute approximate surface area is 102 Å². The van der Waals surface area contributed by atoms with Gasteiger partial charge in [0.1, 0.15) is 6.04 Å². The zero-order chi connectivity index (χ0) is 11.0. The van der Waals surface area contributed by atoms with Crippen LogP contribution in [-0.2, 0) is 9.53 Å². The van der Waals surface area contributed by atoms with Gasteiger partial charge in [0, 0.05) is 13.2 Å². The summed E-state index contributed by atoms with van der Waals surface area (Å²) in [6.45, 7) is 0. The van der Waals surface area contributed by atoms with Gasteiger partial charge in [-0.3, -0.25) is 9.69 Å². The number of carboxylic acid groups (broad SMARTS) is 1. The fraction of sp³-hybridized carbons (Fsp3) is 0.909. The maximum atomic E-state index is 11.0. The van der Waals surface area contributed by atoms with E-state index >= 15 is 0 Å². The Kier molecular flexibility index (Phi) is 4.59. The van der Waals surface area contributed by atoms with Crippen LogP contribution in [0.4, 0.5) is 0 Å². The Balaban J connectivity index is 0.00000128. The molecule has 2 rings (SSSR count). The maximum Gasteiger partial charge on any atom is 0.320 e. The molecule has 0 bridgehead atoms. The number of methoxy groups -OCH3 is 1. The number of fused-ring (bicyclic) bond motifs is 1.